The quantitative estimate of drug-likeness (QED) is 0.458. The number of aromatic hydroxyl groups is 1. The molecule has 3 N–H and O–H groups in total. The molecule has 0 aliphatic carbocycles. The Morgan fingerprint density at radius 1 is 1.62 bits per heavy atom. The Kier molecular flexibility index (Phi) is 1.04. The summed E-state index contributed by atoms with van der Waals surface area (Å²) in [5, 5.41) is 15.3. The molecule has 0 radical (unpaired) electrons. The summed E-state index contributed by atoms with van der Waals surface area (Å²) >= 11 is 0. The third-order valence-electron chi connectivity index (χ3n) is 0.849. The van der Waals surface area contributed by atoms with Crippen molar-refractivity contribution in [2.24, 2.45) is 0 Å². The molecule has 1 aromatic heterocycles. The minimum absolute atomic E-state index is 0.100. The van der Waals surface area contributed by atoms with Gasteiger partial charge in [-0.2, -0.15) is 0 Å². The maximum absolute atomic E-state index is 8.63. The summed E-state index contributed by atoms with van der Waals surface area (Å²) in [5.41, 5.74) is 0.613. The van der Waals surface area contributed by atoms with E-state index >= 15 is 0 Å². The molecule has 1 heterocycles. The van der Waals surface area contributed by atoms with Gasteiger partial charge in [0.15, 0.2) is 5.88 Å². The van der Waals surface area contributed by atoms with Gasteiger partial charge < -0.3 is 15.5 Å². The van der Waals surface area contributed by atoms with Gasteiger partial charge in [-0.1, -0.05) is 0 Å². The van der Waals surface area contributed by atoms with E-state index in [1.807, 2.05) is 0 Å². The van der Waals surface area contributed by atoms with Crippen molar-refractivity contribution in [2.45, 2.75) is 0 Å². The summed E-state index contributed by atoms with van der Waals surface area (Å²) in [5.74, 6) is 0.100. The van der Waals surface area contributed by atoms with Crippen molar-refractivity contribution in [1.82, 2.24) is 4.98 Å². The van der Waals surface area contributed by atoms with Gasteiger partial charge in [0.25, 0.3) is 0 Å². The van der Waals surface area contributed by atoms with Crippen LogP contribution in [-0.2, 0) is 0 Å². The number of aromatic amines is 1. The lowest BCUT2D eigenvalue weighted by Crippen LogP contribution is -1.73. The molecule has 0 saturated carbocycles. The van der Waals surface area contributed by atoms with E-state index < -0.39 is 0 Å². The lowest BCUT2D eigenvalue weighted by Gasteiger charge is -1.78. The zero-order valence-electron chi connectivity index (χ0n) is 4.18. The molecule has 0 spiro atoms. The van der Waals surface area contributed by atoms with Crippen LogP contribution in [0.15, 0.2) is 12.1 Å². The van der Waals surface area contributed by atoms with Gasteiger partial charge in [-0.05, 0) is 6.07 Å². The molecule has 0 bridgehead atoms. The van der Waals surface area contributed by atoms with Crippen LogP contribution >= 0.6 is 0 Å². The highest BCUT2D eigenvalue weighted by Gasteiger charge is 1.88. The van der Waals surface area contributed by atoms with E-state index in [2.05, 4.69) is 4.98 Å². The van der Waals surface area contributed by atoms with E-state index in [1.54, 1.807) is 6.07 Å². The molecule has 0 saturated heterocycles. The number of aromatic nitrogens is 1. The van der Waals surface area contributed by atoms with Gasteiger partial charge in [0.1, 0.15) is 0 Å². The minimum Gasteiger partial charge on any atom is -0.495 e. The Morgan fingerprint density at radius 2 is 2.38 bits per heavy atom. The molecule has 0 atom stereocenters. The predicted octanol–water partition coefficient (Wildman–Crippen LogP) is 0.718. The molecule has 0 unspecified atom stereocenters. The predicted molar refractivity (Wildman–Crippen MR) is 30.3 cm³/mol. The number of rotatable bonds is 1. The molecule has 42 valence electrons. The van der Waals surface area contributed by atoms with Gasteiger partial charge in [0.05, 0.1) is 5.69 Å². The third-order valence-corrected chi connectivity index (χ3v) is 0.849. The number of hydrogen-bond acceptors (Lipinski definition) is 2. The molecule has 0 fully saturated rings. The fourth-order valence-electron chi connectivity index (χ4n) is 0.484. The SMILES string of the molecule is N=Cc1ccc(O)[nH]1. The van der Waals surface area contributed by atoms with Crippen LogP contribution in [0.5, 0.6) is 5.88 Å². The van der Waals surface area contributed by atoms with Crippen LogP contribution in [0.4, 0.5) is 0 Å². The van der Waals surface area contributed by atoms with Gasteiger partial charge >= 0.3 is 0 Å². The highest BCUT2D eigenvalue weighted by atomic mass is 16.3. The second-order valence-corrected chi connectivity index (χ2v) is 1.44. The molecule has 1 aromatic rings. The van der Waals surface area contributed by atoms with Crippen LogP contribution < -0.4 is 0 Å². The smallest absolute Gasteiger partial charge is 0.188 e. The number of H-pyrrole nitrogens is 1. The molecule has 1 rings (SSSR count). The Balaban J connectivity index is 3.00. The summed E-state index contributed by atoms with van der Waals surface area (Å²) in [4.78, 5) is 2.54. The van der Waals surface area contributed by atoms with Gasteiger partial charge in [-0.3, -0.25) is 0 Å². The third kappa shape index (κ3) is 0.703. The first kappa shape index (κ1) is 4.90. The first-order valence-electron chi connectivity index (χ1n) is 2.21. The van der Waals surface area contributed by atoms with E-state index in [4.69, 9.17) is 10.5 Å². The average Bonchev–Trinajstić information content (AvgIpc) is 2.14. The summed E-state index contributed by atoms with van der Waals surface area (Å²) in [6.45, 7) is 0. The van der Waals surface area contributed by atoms with Crippen molar-refractivity contribution >= 4 is 6.21 Å². The molecule has 3 heteroatoms. The summed E-state index contributed by atoms with van der Waals surface area (Å²) < 4.78 is 0. The highest BCUT2D eigenvalue weighted by Crippen LogP contribution is 2.03. The Morgan fingerprint density at radius 3 is 2.62 bits per heavy atom. The second kappa shape index (κ2) is 1.69. The van der Waals surface area contributed by atoms with Crippen molar-refractivity contribution < 1.29 is 5.11 Å². The van der Waals surface area contributed by atoms with Crippen LogP contribution in [0, 0.1) is 5.41 Å². The summed E-state index contributed by atoms with van der Waals surface area (Å²) in [6.07, 6.45) is 1.14. The van der Waals surface area contributed by atoms with E-state index in [0.29, 0.717) is 5.69 Å². The molecular weight excluding hydrogens is 104 g/mol. The molecule has 0 aliphatic heterocycles. The molecule has 3 nitrogen and oxygen atoms in total. The molecular formula is C5H6N2O. The van der Waals surface area contributed by atoms with Gasteiger partial charge in [0, 0.05) is 12.3 Å². The van der Waals surface area contributed by atoms with Crippen molar-refractivity contribution in [1.29, 1.82) is 5.41 Å². The first-order valence-corrected chi connectivity index (χ1v) is 2.21. The fraction of sp³-hybridized carbons (Fsp3) is 0. The maximum atomic E-state index is 8.63. The first-order chi connectivity index (χ1) is 3.83. The van der Waals surface area contributed by atoms with E-state index in [-0.39, 0.29) is 5.88 Å². The van der Waals surface area contributed by atoms with Crippen LogP contribution in [0.1, 0.15) is 5.69 Å². The molecule has 8 heavy (non-hydrogen) atoms. The largest absolute Gasteiger partial charge is 0.495 e. The second-order valence-electron chi connectivity index (χ2n) is 1.44. The van der Waals surface area contributed by atoms with Gasteiger partial charge in [-0.25, -0.2) is 0 Å². The highest BCUT2D eigenvalue weighted by molar-refractivity contribution is 5.74. The average molecular weight is 110 g/mol. The fourth-order valence-corrected chi connectivity index (χ4v) is 0.484. The van der Waals surface area contributed by atoms with Gasteiger partial charge in [-0.15, -0.1) is 0 Å². The lowest BCUT2D eigenvalue weighted by atomic mass is 10.5. The van der Waals surface area contributed by atoms with Crippen molar-refractivity contribution in [3.05, 3.63) is 17.8 Å². The van der Waals surface area contributed by atoms with Crippen molar-refractivity contribution in [3.8, 4) is 5.88 Å². The standard InChI is InChI=1S/C5H6N2O/c6-3-4-1-2-5(8)7-4/h1-3,6-8H. The zero-order valence-corrected chi connectivity index (χ0v) is 4.18. The normalized spacial score (nSPS) is 9.00. The number of hydrogen-bond donors (Lipinski definition) is 3. The molecule has 0 aliphatic rings. The topological polar surface area (TPSA) is 59.9 Å². The Bertz CT molecular complexity index is 192. The Labute approximate surface area is 46.5 Å². The number of nitrogens with one attached hydrogen (secondary N) is 2. The monoisotopic (exact) mass is 110 g/mol. The Hall–Kier alpha value is -1.25. The van der Waals surface area contributed by atoms with Crippen molar-refractivity contribution in [3.63, 3.8) is 0 Å². The summed E-state index contributed by atoms with van der Waals surface area (Å²) in [6, 6.07) is 3.13. The molecule has 0 amide bonds. The minimum atomic E-state index is 0.100. The van der Waals surface area contributed by atoms with E-state index in [1.165, 1.54) is 6.07 Å². The van der Waals surface area contributed by atoms with Crippen LogP contribution in [0.3, 0.4) is 0 Å². The van der Waals surface area contributed by atoms with E-state index in [0.717, 1.165) is 6.21 Å². The molecule has 0 aromatic carbocycles. The van der Waals surface area contributed by atoms with Crippen LogP contribution in [-0.4, -0.2) is 16.3 Å². The van der Waals surface area contributed by atoms with E-state index in [9.17, 15) is 0 Å². The van der Waals surface area contributed by atoms with Crippen LogP contribution in [0.2, 0.25) is 0 Å². The van der Waals surface area contributed by atoms with Crippen molar-refractivity contribution in [2.75, 3.05) is 0 Å². The zero-order chi connectivity index (χ0) is 5.98. The maximum Gasteiger partial charge on any atom is 0.188 e. The van der Waals surface area contributed by atoms with Gasteiger partial charge in [0.2, 0.25) is 0 Å². The lowest BCUT2D eigenvalue weighted by molar-refractivity contribution is 0.457. The van der Waals surface area contributed by atoms with Crippen LogP contribution in [0.25, 0.3) is 0 Å². The summed E-state index contributed by atoms with van der Waals surface area (Å²) in [7, 11) is 0.